The minimum Gasteiger partial charge on any atom is -0.480 e. The third-order valence-electron chi connectivity index (χ3n) is 4.49. The monoisotopic (exact) mass is 344 g/mol. The van der Waals surface area contributed by atoms with Crippen molar-refractivity contribution in [1.29, 1.82) is 0 Å². The molecule has 1 aromatic carbocycles. The highest BCUT2D eigenvalue weighted by atomic mass is 16.4. The molecule has 2 aromatic rings. The van der Waals surface area contributed by atoms with Gasteiger partial charge in [-0.25, -0.2) is 4.79 Å². The highest BCUT2D eigenvalue weighted by Gasteiger charge is 2.21. The van der Waals surface area contributed by atoms with E-state index in [4.69, 9.17) is 0 Å². The van der Waals surface area contributed by atoms with Crippen molar-refractivity contribution in [2.45, 2.75) is 64.3 Å². The average molecular weight is 344 g/mol. The summed E-state index contributed by atoms with van der Waals surface area (Å²) in [4.78, 5) is 26.7. The van der Waals surface area contributed by atoms with Gasteiger partial charge in [-0.2, -0.15) is 0 Å². The Morgan fingerprint density at radius 1 is 1.12 bits per heavy atom. The number of hydrogen-bond donors (Lipinski definition) is 3. The molecule has 0 aliphatic heterocycles. The van der Waals surface area contributed by atoms with E-state index >= 15 is 0 Å². The van der Waals surface area contributed by atoms with Crippen molar-refractivity contribution in [1.82, 2.24) is 10.3 Å². The fourth-order valence-corrected chi connectivity index (χ4v) is 3.05. The van der Waals surface area contributed by atoms with E-state index in [1.807, 2.05) is 30.5 Å². The molecule has 1 aromatic heterocycles. The zero-order chi connectivity index (χ0) is 18.1. The minimum absolute atomic E-state index is 0.178. The SMILES string of the molecule is CCCCCCCCC(=O)N[C@@H](Cc1c[nH]c2ccccc12)C(=O)O. The van der Waals surface area contributed by atoms with Gasteiger partial charge in [0.2, 0.25) is 5.91 Å². The summed E-state index contributed by atoms with van der Waals surface area (Å²) in [5.74, 6) is -1.18. The quantitative estimate of drug-likeness (QED) is 0.538. The third-order valence-corrected chi connectivity index (χ3v) is 4.49. The van der Waals surface area contributed by atoms with Crippen molar-refractivity contribution in [3.05, 3.63) is 36.0 Å². The first-order chi connectivity index (χ1) is 12.1. The standard InChI is InChI=1S/C20H28N2O3/c1-2-3-4-5-6-7-12-19(23)22-18(20(24)25)13-15-14-21-17-11-9-8-10-16(15)17/h8-11,14,18,21H,2-7,12-13H2,1H3,(H,22,23)(H,24,25)/t18-/m0/s1. The number of aromatic nitrogens is 1. The van der Waals surface area contributed by atoms with E-state index in [9.17, 15) is 14.7 Å². The number of unbranched alkanes of at least 4 members (excludes halogenated alkanes) is 5. The maximum Gasteiger partial charge on any atom is 0.326 e. The van der Waals surface area contributed by atoms with Crippen LogP contribution in [0, 0.1) is 0 Å². The summed E-state index contributed by atoms with van der Waals surface area (Å²) in [5, 5.41) is 13.1. The Morgan fingerprint density at radius 3 is 2.60 bits per heavy atom. The molecule has 0 bridgehead atoms. The molecule has 5 heteroatoms. The van der Waals surface area contributed by atoms with Crippen molar-refractivity contribution in [2.24, 2.45) is 0 Å². The maximum atomic E-state index is 12.1. The Labute approximate surface area is 148 Å². The molecule has 0 aliphatic rings. The van der Waals surface area contributed by atoms with Gasteiger partial charge in [-0.15, -0.1) is 0 Å². The summed E-state index contributed by atoms with van der Waals surface area (Å²) < 4.78 is 0. The number of nitrogens with one attached hydrogen (secondary N) is 2. The molecule has 3 N–H and O–H groups in total. The van der Waals surface area contributed by atoms with Crippen LogP contribution in [0.1, 0.15) is 57.4 Å². The van der Waals surface area contributed by atoms with Crippen LogP contribution in [0.4, 0.5) is 0 Å². The summed E-state index contributed by atoms with van der Waals surface area (Å²) in [6, 6.07) is 6.86. The Morgan fingerprint density at radius 2 is 1.84 bits per heavy atom. The van der Waals surface area contributed by atoms with Gasteiger partial charge >= 0.3 is 5.97 Å². The smallest absolute Gasteiger partial charge is 0.326 e. The van der Waals surface area contributed by atoms with E-state index in [1.165, 1.54) is 19.3 Å². The molecule has 0 saturated carbocycles. The van der Waals surface area contributed by atoms with Gasteiger partial charge in [-0.05, 0) is 18.1 Å². The molecule has 1 heterocycles. The Hall–Kier alpha value is -2.30. The van der Waals surface area contributed by atoms with Gasteiger partial charge in [0.05, 0.1) is 0 Å². The Kier molecular flexibility index (Phi) is 7.51. The highest BCUT2D eigenvalue weighted by Crippen LogP contribution is 2.19. The van der Waals surface area contributed by atoms with Crippen molar-refractivity contribution >= 4 is 22.8 Å². The number of rotatable bonds is 11. The Bertz CT molecular complexity index is 693. The molecule has 0 aliphatic carbocycles. The van der Waals surface area contributed by atoms with Gasteiger partial charge in [0.25, 0.3) is 0 Å². The number of carboxylic acid groups (broad SMARTS) is 1. The predicted octanol–water partition coefficient (Wildman–Crippen LogP) is 4.03. The molecular formula is C20H28N2O3. The van der Waals surface area contributed by atoms with Gasteiger partial charge in [0.15, 0.2) is 0 Å². The third kappa shape index (κ3) is 5.93. The predicted molar refractivity (Wildman–Crippen MR) is 99.6 cm³/mol. The van der Waals surface area contributed by atoms with Crippen molar-refractivity contribution in [3.8, 4) is 0 Å². The van der Waals surface area contributed by atoms with Gasteiger partial charge < -0.3 is 15.4 Å². The molecule has 25 heavy (non-hydrogen) atoms. The number of H-pyrrole nitrogens is 1. The lowest BCUT2D eigenvalue weighted by Gasteiger charge is -2.14. The van der Waals surface area contributed by atoms with Crippen LogP contribution >= 0.6 is 0 Å². The molecule has 0 unspecified atom stereocenters. The van der Waals surface area contributed by atoms with Crippen LogP contribution in [0.25, 0.3) is 10.9 Å². The molecule has 1 amide bonds. The lowest BCUT2D eigenvalue weighted by Crippen LogP contribution is -2.42. The largest absolute Gasteiger partial charge is 0.480 e. The summed E-state index contributed by atoms with van der Waals surface area (Å²) in [6.07, 6.45) is 9.11. The van der Waals surface area contributed by atoms with Crippen LogP contribution in [0.5, 0.6) is 0 Å². The average Bonchev–Trinajstić information content (AvgIpc) is 3.00. The fourth-order valence-electron chi connectivity index (χ4n) is 3.05. The molecule has 0 fully saturated rings. The first-order valence-electron chi connectivity index (χ1n) is 9.19. The van der Waals surface area contributed by atoms with Crippen molar-refractivity contribution in [3.63, 3.8) is 0 Å². The van der Waals surface area contributed by atoms with Crippen LogP contribution < -0.4 is 5.32 Å². The molecule has 0 radical (unpaired) electrons. The normalized spacial score (nSPS) is 12.2. The first-order valence-corrected chi connectivity index (χ1v) is 9.19. The lowest BCUT2D eigenvalue weighted by molar-refractivity contribution is -0.141. The zero-order valence-electron chi connectivity index (χ0n) is 14.9. The summed E-state index contributed by atoms with van der Waals surface area (Å²) in [7, 11) is 0. The molecule has 5 nitrogen and oxygen atoms in total. The summed E-state index contributed by atoms with van der Waals surface area (Å²) >= 11 is 0. The summed E-state index contributed by atoms with van der Waals surface area (Å²) in [5.41, 5.74) is 1.88. The zero-order valence-corrected chi connectivity index (χ0v) is 14.9. The van der Waals surface area contributed by atoms with Crippen LogP contribution in [0.3, 0.4) is 0 Å². The second-order valence-electron chi connectivity index (χ2n) is 6.54. The number of hydrogen-bond acceptors (Lipinski definition) is 2. The van der Waals surface area contributed by atoms with Crippen molar-refractivity contribution in [2.75, 3.05) is 0 Å². The van der Waals surface area contributed by atoms with Crippen molar-refractivity contribution < 1.29 is 14.7 Å². The number of carbonyl (C=O) groups excluding carboxylic acids is 1. The number of amides is 1. The number of carbonyl (C=O) groups is 2. The number of para-hydroxylation sites is 1. The van der Waals surface area contributed by atoms with Gasteiger partial charge in [-0.1, -0.05) is 57.2 Å². The lowest BCUT2D eigenvalue weighted by atomic mass is 10.0. The van der Waals surface area contributed by atoms with Crippen LogP contribution in [0.2, 0.25) is 0 Å². The maximum absolute atomic E-state index is 12.1. The molecular weight excluding hydrogens is 316 g/mol. The molecule has 136 valence electrons. The number of aliphatic carboxylic acids is 1. The van der Waals surface area contributed by atoms with E-state index < -0.39 is 12.0 Å². The Balaban J connectivity index is 1.84. The molecule has 1 atom stereocenters. The van der Waals surface area contributed by atoms with E-state index in [2.05, 4.69) is 17.2 Å². The van der Waals surface area contributed by atoms with Gasteiger partial charge in [0, 0.05) is 29.9 Å². The van der Waals surface area contributed by atoms with Gasteiger partial charge in [-0.3, -0.25) is 4.79 Å². The van der Waals surface area contributed by atoms with E-state index in [0.717, 1.165) is 35.7 Å². The number of carboxylic acids is 1. The summed E-state index contributed by atoms with van der Waals surface area (Å²) in [6.45, 7) is 2.17. The number of fused-ring (bicyclic) bond motifs is 1. The van der Waals surface area contributed by atoms with E-state index in [1.54, 1.807) is 0 Å². The fraction of sp³-hybridized carbons (Fsp3) is 0.500. The topological polar surface area (TPSA) is 82.2 Å². The highest BCUT2D eigenvalue weighted by molar-refractivity contribution is 5.86. The second-order valence-corrected chi connectivity index (χ2v) is 6.54. The molecule has 0 saturated heterocycles. The van der Waals surface area contributed by atoms with E-state index in [0.29, 0.717) is 6.42 Å². The first kappa shape index (κ1) is 19.0. The number of aromatic amines is 1. The minimum atomic E-state index is -0.999. The molecule has 0 spiro atoms. The van der Waals surface area contributed by atoms with Crippen LogP contribution in [0.15, 0.2) is 30.5 Å². The van der Waals surface area contributed by atoms with E-state index in [-0.39, 0.29) is 12.3 Å². The van der Waals surface area contributed by atoms with Crippen LogP contribution in [-0.2, 0) is 16.0 Å². The molecule has 2 rings (SSSR count). The second kappa shape index (κ2) is 9.87. The number of benzene rings is 1. The van der Waals surface area contributed by atoms with Gasteiger partial charge in [0.1, 0.15) is 6.04 Å². The van der Waals surface area contributed by atoms with Crippen LogP contribution in [-0.4, -0.2) is 28.0 Å².